The van der Waals surface area contributed by atoms with Gasteiger partial charge in [-0.05, 0) is 18.9 Å². The number of hydrogen-bond acceptors (Lipinski definition) is 6. The van der Waals surface area contributed by atoms with Gasteiger partial charge in [0.15, 0.2) is 16.4 Å². The van der Waals surface area contributed by atoms with Gasteiger partial charge in [0.1, 0.15) is 0 Å². The minimum atomic E-state index is -2.87. The maximum atomic E-state index is 12.2. The van der Waals surface area contributed by atoms with Crippen molar-refractivity contribution in [2.45, 2.75) is 19.4 Å². The van der Waals surface area contributed by atoms with Gasteiger partial charge in [0.25, 0.3) is 5.91 Å². The Kier molecular flexibility index (Phi) is 5.05. The zero-order chi connectivity index (χ0) is 17.2. The molecule has 2 fully saturated rings. The van der Waals surface area contributed by atoms with Gasteiger partial charge in [-0.1, -0.05) is 6.07 Å². The number of hydrogen-bond donors (Lipinski definition) is 0. The summed E-state index contributed by atoms with van der Waals surface area (Å²) < 4.78 is 28.6. The van der Waals surface area contributed by atoms with E-state index >= 15 is 0 Å². The Bertz CT molecular complexity index is 682. The third-order valence-electron chi connectivity index (χ3n) is 4.62. The van der Waals surface area contributed by atoms with Gasteiger partial charge in [0.05, 0.1) is 11.5 Å². The van der Waals surface area contributed by atoms with Crippen molar-refractivity contribution >= 4 is 15.7 Å². The first-order valence-corrected chi connectivity index (χ1v) is 10.0. The van der Waals surface area contributed by atoms with Crippen LogP contribution in [0.4, 0.5) is 0 Å². The first-order valence-electron chi connectivity index (χ1n) is 8.21. The molecule has 1 atom stereocenters. The Morgan fingerprint density at radius 2 is 2.04 bits per heavy atom. The van der Waals surface area contributed by atoms with Gasteiger partial charge in [0, 0.05) is 44.5 Å². The monoisotopic (exact) mass is 353 g/mol. The fourth-order valence-corrected chi connectivity index (χ4v) is 4.93. The number of nitrogens with zero attached hydrogens (tertiary/aromatic N) is 3. The predicted molar refractivity (Wildman–Crippen MR) is 89.7 cm³/mol. The standard InChI is InChI=1S/C16H23N3O4S/c1-13-2-3-15(17-10-13)23-11-16(20)19-7-5-18(6-8-19)14-4-9-24(21,22)12-14/h2-3,10,14H,4-9,11-12H2,1H3. The van der Waals surface area contributed by atoms with Crippen LogP contribution in [0, 0.1) is 6.92 Å². The molecule has 132 valence electrons. The molecular weight excluding hydrogens is 330 g/mol. The van der Waals surface area contributed by atoms with Gasteiger partial charge in [0.2, 0.25) is 5.88 Å². The van der Waals surface area contributed by atoms with Crippen LogP contribution in [0.1, 0.15) is 12.0 Å². The normalized spacial score (nSPS) is 24.0. The molecule has 8 heteroatoms. The Balaban J connectivity index is 1.44. The topological polar surface area (TPSA) is 79.8 Å². The highest BCUT2D eigenvalue weighted by Gasteiger charge is 2.34. The number of pyridine rings is 1. The summed E-state index contributed by atoms with van der Waals surface area (Å²) in [7, 11) is -2.87. The molecule has 2 aliphatic heterocycles. The van der Waals surface area contributed by atoms with E-state index in [-0.39, 0.29) is 30.1 Å². The molecule has 2 saturated heterocycles. The van der Waals surface area contributed by atoms with Crippen LogP contribution in [0.15, 0.2) is 18.3 Å². The average molecular weight is 353 g/mol. The van der Waals surface area contributed by atoms with Crippen molar-refractivity contribution in [2.24, 2.45) is 0 Å². The van der Waals surface area contributed by atoms with Gasteiger partial charge < -0.3 is 9.64 Å². The summed E-state index contributed by atoms with van der Waals surface area (Å²) in [4.78, 5) is 20.3. The summed E-state index contributed by atoms with van der Waals surface area (Å²) in [5.74, 6) is 0.928. The van der Waals surface area contributed by atoms with Crippen LogP contribution in [0.3, 0.4) is 0 Å². The number of carbonyl (C=O) groups is 1. The largest absolute Gasteiger partial charge is 0.468 e. The van der Waals surface area contributed by atoms with E-state index in [1.165, 1.54) is 0 Å². The van der Waals surface area contributed by atoms with E-state index in [1.807, 2.05) is 13.0 Å². The molecule has 3 rings (SSSR count). The molecule has 0 spiro atoms. The van der Waals surface area contributed by atoms with Crippen LogP contribution >= 0.6 is 0 Å². The number of aromatic nitrogens is 1. The molecule has 0 saturated carbocycles. The molecule has 1 unspecified atom stereocenters. The molecule has 0 aromatic carbocycles. The van der Waals surface area contributed by atoms with Gasteiger partial charge in [-0.2, -0.15) is 0 Å². The number of carbonyl (C=O) groups excluding carboxylic acids is 1. The number of sulfone groups is 1. The number of piperazine rings is 1. The van der Waals surface area contributed by atoms with Crippen molar-refractivity contribution in [2.75, 3.05) is 44.3 Å². The molecule has 1 aromatic rings. The summed E-state index contributed by atoms with van der Waals surface area (Å²) in [5.41, 5.74) is 1.04. The number of aryl methyl sites for hydroxylation is 1. The quantitative estimate of drug-likeness (QED) is 0.764. The second-order valence-corrected chi connectivity index (χ2v) is 8.66. The van der Waals surface area contributed by atoms with E-state index in [1.54, 1.807) is 17.2 Å². The van der Waals surface area contributed by atoms with Gasteiger partial charge in [-0.3, -0.25) is 9.69 Å². The number of amides is 1. The second-order valence-electron chi connectivity index (χ2n) is 6.44. The Morgan fingerprint density at radius 1 is 1.29 bits per heavy atom. The molecule has 1 aromatic heterocycles. The Morgan fingerprint density at radius 3 is 2.62 bits per heavy atom. The lowest BCUT2D eigenvalue weighted by molar-refractivity contribution is -0.135. The average Bonchev–Trinajstić information content (AvgIpc) is 2.94. The van der Waals surface area contributed by atoms with Crippen molar-refractivity contribution in [3.63, 3.8) is 0 Å². The third kappa shape index (κ3) is 4.24. The van der Waals surface area contributed by atoms with Gasteiger partial charge in [-0.15, -0.1) is 0 Å². The third-order valence-corrected chi connectivity index (χ3v) is 6.37. The predicted octanol–water partition coefficient (Wildman–Crippen LogP) is 0.100. The first kappa shape index (κ1) is 17.2. The van der Waals surface area contributed by atoms with Crippen molar-refractivity contribution in [3.8, 4) is 5.88 Å². The zero-order valence-corrected chi connectivity index (χ0v) is 14.7. The highest BCUT2D eigenvalue weighted by molar-refractivity contribution is 7.91. The zero-order valence-electron chi connectivity index (χ0n) is 13.8. The van der Waals surface area contributed by atoms with E-state index in [4.69, 9.17) is 4.74 Å². The van der Waals surface area contributed by atoms with Crippen LogP contribution in [0.25, 0.3) is 0 Å². The molecule has 24 heavy (non-hydrogen) atoms. The van der Waals surface area contributed by atoms with E-state index in [0.717, 1.165) is 5.56 Å². The minimum absolute atomic E-state index is 0.0200. The van der Waals surface area contributed by atoms with E-state index in [0.29, 0.717) is 38.5 Å². The maximum absolute atomic E-state index is 12.2. The van der Waals surface area contributed by atoms with E-state index in [2.05, 4.69) is 9.88 Å². The van der Waals surface area contributed by atoms with Crippen molar-refractivity contribution in [1.82, 2.24) is 14.8 Å². The molecule has 1 amide bonds. The summed E-state index contributed by atoms with van der Waals surface area (Å²) in [6.45, 7) is 4.58. The Hall–Kier alpha value is -1.67. The highest BCUT2D eigenvalue weighted by atomic mass is 32.2. The van der Waals surface area contributed by atoms with Crippen molar-refractivity contribution < 1.29 is 17.9 Å². The molecule has 3 heterocycles. The summed E-state index contributed by atoms with van der Waals surface area (Å²) in [5, 5.41) is 0. The van der Waals surface area contributed by atoms with Crippen molar-refractivity contribution in [3.05, 3.63) is 23.9 Å². The van der Waals surface area contributed by atoms with E-state index < -0.39 is 9.84 Å². The Labute approximate surface area is 142 Å². The highest BCUT2D eigenvalue weighted by Crippen LogP contribution is 2.19. The fraction of sp³-hybridized carbons (Fsp3) is 0.625. The lowest BCUT2D eigenvalue weighted by Gasteiger charge is -2.37. The number of ether oxygens (including phenoxy) is 1. The molecular formula is C16H23N3O4S. The van der Waals surface area contributed by atoms with Crippen molar-refractivity contribution in [1.29, 1.82) is 0 Å². The van der Waals surface area contributed by atoms with Crippen LogP contribution in [0.2, 0.25) is 0 Å². The first-order chi connectivity index (χ1) is 11.4. The van der Waals surface area contributed by atoms with Crippen LogP contribution in [-0.4, -0.2) is 79.4 Å². The minimum Gasteiger partial charge on any atom is -0.468 e. The summed E-state index contributed by atoms with van der Waals surface area (Å²) >= 11 is 0. The fourth-order valence-electron chi connectivity index (χ4n) is 3.17. The molecule has 0 aliphatic carbocycles. The molecule has 0 radical (unpaired) electrons. The van der Waals surface area contributed by atoms with Crippen LogP contribution in [0.5, 0.6) is 5.88 Å². The number of rotatable bonds is 4. The summed E-state index contributed by atoms with van der Waals surface area (Å²) in [6, 6.07) is 3.75. The summed E-state index contributed by atoms with van der Waals surface area (Å²) in [6.07, 6.45) is 2.41. The van der Waals surface area contributed by atoms with Gasteiger partial charge >= 0.3 is 0 Å². The smallest absolute Gasteiger partial charge is 0.260 e. The molecule has 7 nitrogen and oxygen atoms in total. The van der Waals surface area contributed by atoms with Crippen LogP contribution < -0.4 is 4.74 Å². The lowest BCUT2D eigenvalue weighted by atomic mass is 10.2. The second kappa shape index (κ2) is 7.06. The molecule has 0 N–H and O–H groups in total. The maximum Gasteiger partial charge on any atom is 0.260 e. The van der Waals surface area contributed by atoms with Gasteiger partial charge in [-0.25, -0.2) is 13.4 Å². The molecule has 0 bridgehead atoms. The SMILES string of the molecule is Cc1ccc(OCC(=O)N2CCN(C3CCS(=O)(=O)C3)CC2)nc1. The van der Waals surface area contributed by atoms with E-state index in [9.17, 15) is 13.2 Å². The van der Waals surface area contributed by atoms with Crippen LogP contribution in [-0.2, 0) is 14.6 Å². The molecule has 2 aliphatic rings. The lowest BCUT2D eigenvalue weighted by Crippen LogP contribution is -2.53.